The first-order valence-electron chi connectivity index (χ1n) is 11.2. The van der Waals surface area contributed by atoms with E-state index in [2.05, 4.69) is 4.99 Å². The average Bonchev–Trinajstić information content (AvgIpc) is 3.17. The van der Waals surface area contributed by atoms with E-state index in [1.165, 1.54) is 18.3 Å². The van der Waals surface area contributed by atoms with Gasteiger partial charge in [-0.3, -0.25) is 4.79 Å². The quantitative estimate of drug-likeness (QED) is 0.471. The highest BCUT2D eigenvalue weighted by Gasteiger charge is 2.42. The van der Waals surface area contributed by atoms with E-state index >= 15 is 0 Å². The molecule has 180 valence electrons. The number of aromatic nitrogens is 1. The van der Waals surface area contributed by atoms with Crippen molar-refractivity contribution in [1.82, 2.24) is 9.05 Å². The predicted molar refractivity (Wildman–Crippen MR) is 136 cm³/mol. The molecule has 1 aliphatic rings. The number of likely N-dealkylation sites (tertiary alicyclic amines) is 1. The number of amides is 2. The summed E-state index contributed by atoms with van der Waals surface area (Å²) in [4.78, 5) is 29.8. The van der Waals surface area contributed by atoms with Crippen molar-refractivity contribution in [2.75, 3.05) is 18.8 Å². The first-order chi connectivity index (χ1) is 16.1. The van der Waals surface area contributed by atoms with Gasteiger partial charge in [-0.1, -0.05) is 23.7 Å². The number of quaternary nitrogens is 1. The molecule has 2 heterocycles. The highest BCUT2D eigenvalue weighted by molar-refractivity contribution is 7.91. The third kappa shape index (κ3) is 5.02. The summed E-state index contributed by atoms with van der Waals surface area (Å²) in [7, 11) is -1.86. The Balaban J connectivity index is 1.60. The molecule has 7 nitrogen and oxygen atoms in total. The van der Waals surface area contributed by atoms with Crippen LogP contribution in [0.25, 0.3) is 10.8 Å². The van der Waals surface area contributed by atoms with Gasteiger partial charge in [-0.25, -0.2) is 17.7 Å². The monoisotopic (exact) mass is 520 g/mol. The van der Waals surface area contributed by atoms with Gasteiger partial charge in [0.15, 0.2) is 14.6 Å². The number of carbonyl (C=O) groups excluding carboxylic acids is 2. The van der Waals surface area contributed by atoms with Crippen LogP contribution in [-0.4, -0.2) is 43.6 Å². The van der Waals surface area contributed by atoms with E-state index in [0.717, 1.165) is 35.0 Å². The maximum Gasteiger partial charge on any atom is 0.320 e. The van der Waals surface area contributed by atoms with E-state index in [1.807, 2.05) is 6.20 Å². The first kappa shape index (κ1) is 24.8. The molecule has 0 unspecified atom stereocenters. The molecule has 0 radical (unpaired) electrons. The number of nitrogens with zero attached hydrogens (tertiary/aromatic N) is 3. The summed E-state index contributed by atoms with van der Waals surface area (Å²) < 4.78 is 28.1. The van der Waals surface area contributed by atoms with Crippen LogP contribution in [0, 0.1) is 0 Å². The van der Waals surface area contributed by atoms with E-state index in [1.54, 1.807) is 48.0 Å². The predicted octanol–water partition coefficient (Wildman–Crippen LogP) is 4.22. The van der Waals surface area contributed by atoms with Gasteiger partial charge >= 0.3 is 5.91 Å². The van der Waals surface area contributed by atoms with Gasteiger partial charge in [-0.2, -0.15) is 4.99 Å². The molecule has 0 saturated carbocycles. The lowest BCUT2D eigenvalue weighted by molar-refractivity contribution is -0.130. The van der Waals surface area contributed by atoms with E-state index in [4.69, 9.17) is 11.6 Å². The van der Waals surface area contributed by atoms with Crippen LogP contribution in [0.15, 0.2) is 52.5 Å². The van der Waals surface area contributed by atoms with Crippen molar-refractivity contribution in [3.63, 3.8) is 0 Å². The smallest absolute Gasteiger partial charge is 0.320 e. The number of thiazole rings is 1. The minimum Gasteiger partial charge on any atom is -0.321 e. The van der Waals surface area contributed by atoms with Crippen LogP contribution >= 0.6 is 22.9 Å². The van der Waals surface area contributed by atoms with Gasteiger partial charge in [0, 0.05) is 19.0 Å². The molecule has 0 spiro atoms. The largest absolute Gasteiger partial charge is 0.321 e. The fourth-order valence-corrected chi connectivity index (χ4v) is 7.10. The fourth-order valence-electron chi connectivity index (χ4n) is 4.43. The summed E-state index contributed by atoms with van der Waals surface area (Å²) in [5, 5.41) is 3.03. The molecule has 0 bridgehead atoms. The Kier molecular flexibility index (Phi) is 7.09. The molecule has 0 aliphatic carbocycles. The van der Waals surface area contributed by atoms with Gasteiger partial charge in [0.2, 0.25) is 10.9 Å². The van der Waals surface area contributed by atoms with Gasteiger partial charge < -0.3 is 4.57 Å². The molecule has 3 aromatic rings. The SMILES string of the molecule is CC(=O)/N=c1\sc([N+]2(C(=O)CCS(=O)(=O)c3ccc4cc(Cl)ccc4c3)CCCCC2)cn1C. The van der Waals surface area contributed by atoms with Crippen LogP contribution in [0.2, 0.25) is 5.02 Å². The number of hydrogen-bond donors (Lipinski definition) is 0. The molecule has 34 heavy (non-hydrogen) atoms. The minimum atomic E-state index is -3.65. The van der Waals surface area contributed by atoms with Crippen LogP contribution < -0.4 is 9.28 Å². The van der Waals surface area contributed by atoms with Crippen molar-refractivity contribution < 1.29 is 18.0 Å². The lowest BCUT2D eigenvalue weighted by Gasteiger charge is -2.36. The van der Waals surface area contributed by atoms with Crippen LogP contribution in [0.3, 0.4) is 0 Å². The van der Waals surface area contributed by atoms with Crippen LogP contribution in [0.4, 0.5) is 5.00 Å². The number of carbonyl (C=O) groups is 2. The lowest BCUT2D eigenvalue weighted by Crippen LogP contribution is -2.57. The van der Waals surface area contributed by atoms with E-state index < -0.39 is 9.84 Å². The third-order valence-electron chi connectivity index (χ3n) is 6.25. The van der Waals surface area contributed by atoms with Gasteiger partial charge in [0.25, 0.3) is 0 Å². The minimum absolute atomic E-state index is 0.0816. The Labute approximate surface area is 207 Å². The number of halogens is 1. The molecule has 1 aromatic heterocycles. The number of fused-ring (bicyclic) bond motifs is 1. The number of benzene rings is 2. The highest BCUT2D eigenvalue weighted by atomic mass is 35.5. The zero-order valence-corrected chi connectivity index (χ0v) is 21.5. The zero-order valence-electron chi connectivity index (χ0n) is 19.2. The molecule has 10 heteroatoms. The fraction of sp³-hybridized carbons (Fsp3) is 0.375. The van der Waals surface area contributed by atoms with Crippen molar-refractivity contribution in [2.45, 2.75) is 37.5 Å². The number of aryl methyl sites for hydroxylation is 1. The molecular formula is C24H27ClN3O4S2+. The Morgan fingerprint density at radius 3 is 2.47 bits per heavy atom. The van der Waals surface area contributed by atoms with Gasteiger partial charge in [0.1, 0.15) is 0 Å². The standard InChI is InChI=1S/C24H27ClN3O4S2/c1-17(29)26-24-27(2)16-23(33-24)28(11-4-3-5-12-28)22(30)10-13-34(31,32)21-9-7-18-14-20(25)8-6-19(18)15-21/h6-9,14-16H,3-5,10-13H2,1-2H3/q+1/b26-24-. The van der Waals surface area contributed by atoms with Crippen molar-refractivity contribution in [2.24, 2.45) is 12.0 Å². The summed E-state index contributed by atoms with van der Waals surface area (Å²) >= 11 is 7.35. The normalized spacial score (nSPS) is 16.6. The number of hydrogen-bond acceptors (Lipinski definition) is 5. The Hall–Kier alpha value is -2.33. The molecule has 1 saturated heterocycles. The summed E-state index contributed by atoms with van der Waals surface area (Å²) in [6.45, 7) is 2.63. The lowest BCUT2D eigenvalue weighted by atomic mass is 10.1. The van der Waals surface area contributed by atoms with Crippen molar-refractivity contribution >= 4 is 60.4 Å². The third-order valence-corrected chi connectivity index (χ3v) is 9.43. The van der Waals surface area contributed by atoms with Crippen molar-refractivity contribution in [3.05, 3.63) is 52.4 Å². The molecule has 2 aromatic carbocycles. The second-order valence-corrected chi connectivity index (χ2v) is 12.2. The van der Waals surface area contributed by atoms with Crippen LogP contribution in [-0.2, 0) is 26.5 Å². The molecule has 4 rings (SSSR count). The number of piperidine rings is 1. The van der Waals surface area contributed by atoms with E-state index in [0.29, 0.717) is 22.9 Å². The van der Waals surface area contributed by atoms with E-state index in [-0.39, 0.29) is 33.4 Å². The molecule has 1 aliphatic heterocycles. The molecule has 0 atom stereocenters. The van der Waals surface area contributed by atoms with Crippen LogP contribution in [0.1, 0.15) is 32.6 Å². The summed E-state index contributed by atoms with van der Waals surface area (Å²) in [5.41, 5.74) is 0. The van der Waals surface area contributed by atoms with Gasteiger partial charge in [0.05, 0.1) is 36.4 Å². The van der Waals surface area contributed by atoms with E-state index in [9.17, 15) is 18.0 Å². The average molecular weight is 521 g/mol. The molecular weight excluding hydrogens is 494 g/mol. The molecule has 2 amide bonds. The highest BCUT2D eigenvalue weighted by Crippen LogP contribution is 2.33. The van der Waals surface area contributed by atoms with Gasteiger partial charge in [-0.05, 0) is 65.6 Å². The molecule has 0 N–H and O–H groups in total. The second kappa shape index (κ2) is 9.73. The maximum absolute atomic E-state index is 13.6. The summed E-state index contributed by atoms with van der Waals surface area (Å²) in [6, 6.07) is 10.2. The van der Waals surface area contributed by atoms with Crippen molar-refractivity contribution in [3.8, 4) is 0 Å². The number of rotatable bonds is 5. The maximum atomic E-state index is 13.6. The Morgan fingerprint density at radius 1 is 1.09 bits per heavy atom. The topological polar surface area (TPSA) is 85.6 Å². The summed E-state index contributed by atoms with van der Waals surface area (Å²) in [5.74, 6) is -0.677. The Morgan fingerprint density at radius 2 is 1.76 bits per heavy atom. The van der Waals surface area contributed by atoms with Crippen molar-refractivity contribution in [1.29, 1.82) is 0 Å². The number of sulfone groups is 1. The first-order valence-corrected chi connectivity index (χ1v) is 14.0. The zero-order chi connectivity index (χ0) is 24.5. The van der Waals surface area contributed by atoms with Gasteiger partial charge in [-0.15, -0.1) is 0 Å². The van der Waals surface area contributed by atoms with Crippen LogP contribution in [0.5, 0.6) is 0 Å². The Bertz CT molecular complexity index is 1430. The second-order valence-electron chi connectivity index (χ2n) is 8.69. The summed E-state index contributed by atoms with van der Waals surface area (Å²) in [6.07, 6.45) is 4.56. The molecule has 1 fully saturated rings.